The number of alkyl carbamates (subject to hydrolysis) is 1. The van der Waals surface area contributed by atoms with E-state index in [2.05, 4.69) is 33.2 Å². The Kier molecular flexibility index (Phi) is 16.0. The fourth-order valence-electron chi connectivity index (χ4n) is 3.20. The number of ether oxygens (including phenoxy) is 1. The minimum Gasteiger partial charge on any atom is -0.449 e. The van der Waals surface area contributed by atoms with Gasteiger partial charge in [0.15, 0.2) is 0 Å². The first-order valence-corrected chi connectivity index (χ1v) is 15.2. The quantitative estimate of drug-likeness (QED) is 0.122. The van der Waals surface area contributed by atoms with E-state index in [0.29, 0.717) is 35.3 Å². The molecule has 1 aromatic heterocycles. The summed E-state index contributed by atoms with van der Waals surface area (Å²) in [5.41, 5.74) is 1.12. The van der Waals surface area contributed by atoms with E-state index in [4.69, 9.17) is 20.1 Å². The van der Waals surface area contributed by atoms with Crippen LogP contribution in [0.1, 0.15) is 44.6 Å². The number of aliphatic hydroxyl groups is 3. The number of halogens is 1. The summed E-state index contributed by atoms with van der Waals surface area (Å²) in [7, 11) is 0. The number of hydrogen-bond donors (Lipinski definition) is 7. The van der Waals surface area contributed by atoms with E-state index < -0.39 is 11.9 Å². The molecule has 1 amide bonds. The van der Waals surface area contributed by atoms with Crippen molar-refractivity contribution in [3.8, 4) is 0 Å². The van der Waals surface area contributed by atoms with Gasteiger partial charge >= 0.3 is 12.2 Å². The molecule has 10 nitrogen and oxygen atoms in total. The first-order chi connectivity index (χ1) is 18.0. The van der Waals surface area contributed by atoms with Gasteiger partial charge in [0, 0.05) is 23.3 Å². The Morgan fingerprint density at radius 1 is 1.24 bits per heavy atom. The second-order valence-electron chi connectivity index (χ2n) is 8.44. The van der Waals surface area contributed by atoms with Crippen molar-refractivity contribution in [2.45, 2.75) is 56.1 Å². The normalized spacial score (nSPS) is 17.0. The van der Waals surface area contributed by atoms with Crippen molar-refractivity contribution in [3.05, 3.63) is 42.0 Å². The average Bonchev–Trinajstić information content (AvgIpc) is 2.85. The van der Waals surface area contributed by atoms with Crippen LogP contribution in [0.15, 0.2) is 35.5 Å². The maximum Gasteiger partial charge on any atom is 0.407 e. The van der Waals surface area contributed by atoms with Crippen LogP contribution in [0.3, 0.4) is 0 Å². The zero-order valence-corrected chi connectivity index (χ0v) is 24.7. The topological polar surface area (TPSA) is 149 Å². The van der Waals surface area contributed by atoms with Gasteiger partial charge in [-0.05, 0) is 92.5 Å². The number of thioether (sulfide) groups is 1. The predicted molar refractivity (Wildman–Crippen MR) is 154 cm³/mol. The third kappa shape index (κ3) is 12.8. The largest absolute Gasteiger partial charge is 0.449 e. The summed E-state index contributed by atoms with van der Waals surface area (Å²) >= 11 is 5.93. The molecule has 0 spiro atoms. The molecule has 6 N–H and O–H groups in total. The Balaban J connectivity index is 0.00000135. The Hall–Kier alpha value is -1.81. The molecule has 1 aromatic carbocycles. The van der Waals surface area contributed by atoms with Crippen LogP contribution in [0, 0.1) is 11.7 Å². The van der Waals surface area contributed by atoms with Gasteiger partial charge in [-0.1, -0.05) is 6.92 Å². The minimum atomic E-state index is -3.07. The monoisotopic (exact) mass is 591 g/mol. The molecule has 3 rings (SSSR count). The van der Waals surface area contributed by atoms with E-state index in [1.807, 2.05) is 31.1 Å². The second kappa shape index (κ2) is 17.7. The number of carbonyl (C=O) groups is 1. The molecule has 1 saturated carbocycles. The Bertz CT molecular complexity index is 963. The molecular weight excluding hydrogens is 553 g/mol. The number of anilines is 2. The summed E-state index contributed by atoms with van der Waals surface area (Å²) in [6, 6.07) is 4.20. The van der Waals surface area contributed by atoms with E-state index in [-0.39, 0.29) is 23.8 Å². The van der Waals surface area contributed by atoms with Gasteiger partial charge < -0.3 is 30.7 Å². The van der Waals surface area contributed by atoms with Crippen molar-refractivity contribution in [1.82, 2.24) is 20.0 Å². The summed E-state index contributed by atoms with van der Waals surface area (Å²) in [6.45, 7) is 4.31. The fraction of sp³-hybridized carbons (Fsp3) is 0.542. The lowest BCUT2D eigenvalue weighted by atomic mass is 9.72. The van der Waals surface area contributed by atoms with Gasteiger partial charge in [0.2, 0.25) is 5.95 Å². The number of nitrogens with one attached hydrogen (secondary N) is 3. The number of rotatable bonds is 10. The summed E-state index contributed by atoms with van der Waals surface area (Å²) in [5.74, 6) is 0.232. The summed E-state index contributed by atoms with van der Waals surface area (Å²) in [6.07, 6.45) is 8.33. The SMILES string of the molecule is CCC(C)NC(=O)OCC1CC(c2cnc(Nc3ccc(SNC(O)(O)O)cc3F)nc2)C1.CS.CSC. The van der Waals surface area contributed by atoms with Gasteiger partial charge in [0.05, 0.1) is 12.3 Å². The molecule has 1 atom stereocenters. The molecule has 0 aliphatic heterocycles. The highest BCUT2D eigenvalue weighted by Gasteiger charge is 2.31. The van der Waals surface area contributed by atoms with E-state index in [1.54, 1.807) is 30.4 Å². The highest BCUT2D eigenvalue weighted by atomic mass is 32.2. The lowest BCUT2D eigenvalue weighted by Gasteiger charge is -2.34. The molecule has 214 valence electrons. The number of carbonyl (C=O) groups excluding carboxylic acids is 1. The molecule has 1 unspecified atom stereocenters. The zero-order chi connectivity index (χ0) is 28.7. The Morgan fingerprint density at radius 3 is 2.37 bits per heavy atom. The molecular formula is C24H38FN5O5S3. The number of thiol groups is 1. The molecule has 0 radical (unpaired) electrons. The van der Waals surface area contributed by atoms with Crippen LogP contribution >= 0.6 is 36.3 Å². The summed E-state index contributed by atoms with van der Waals surface area (Å²) in [5, 5.41) is 32.0. The van der Waals surface area contributed by atoms with Crippen molar-refractivity contribution in [2.24, 2.45) is 5.92 Å². The molecule has 0 saturated heterocycles. The number of amides is 1. The van der Waals surface area contributed by atoms with Gasteiger partial charge in [-0.15, -0.1) is 0 Å². The van der Waals surface area contributed by atoms with Crippen molar-refractivity contribution >= 4 is 54.1 Å². The lowest BCUT2D eigenvalue weighted by molar-refractivity contribution is -0.317. The second-order valence-corrected chi connectivity index (χ2v) is 10.1. The number of benzene rings is 1. The zero-order valence-electron chi connectivity index (χ0n) is 22.1. The molecule has 0 bridgehead atoms. The highest BCUT2D eigenvalue weighted by Crippen LogP contribution is 2.41. The smallest absolute Gasteiger partial charge is 0.407 e. The molecule has 14 heteroatoms. The predicted octanol–water partition coefficient (Wildman–Crippen LogP) is 4.09. The Labute approximate surface area is 237 Å². The highest BCUT2D eigenvalue weighted by molar-refractivity contribution is 7.98. The minimum absolute atomic E-state index is 0.0901. The lowest BCUT2D eigenvalue weighted by Crippen LogP contribution is -2.40. The molecule has 1 fully saturated rings. The van der Waals surface area contributed by atoms with E-state index in [0.717, 1.165) is 30.9 Å². The van der Waals surface area contributed by atoms with Crippen LogP contribution in [0.25, 0.3) is 0 Å². The van der Waals surface area contributed by atoms with Crippen molar-refractivity contribution in [1.29, 1.82) is 0 Å². The van der Waals surface area contributed by atoms with Crippen LogP contribution in [0.5, 0.6) is 0 Å². The third-order valence-electron chi connectivity index (χ3n) is 5.30. The third-order valence-corrected chi connectivity index (χ3v) is 6.16. The molecule has 1 aliphatic carbocycles. The van der Waals surface area contributed by atoms with Crippen LogP contribution in [0.2, 0.25) is 0 Å². The summed E-state index contributed by atoms with van der Waals surface area (Å²) < 4.78 is 21.5. The molecule has 1 aliphatic rings. The average molecular weight is 592 g/mol. The van der Waals surface area contributed by atoms with Gasteiger partial charge in [-0.3, -0.25) is 0 Å². The first-order valence-electron chi connectivity index (χ1n) is 11.8. The van der Waals surface area contributed by atoms with E-state index in [1.165, 1.54) is 12.1 Å². The van der Waals surface area contributed by atoms with Gasteiger partial charge in [0.25, 0.3) is 0 Å². The van der Waals surface area contributed by atoms with E-state index >= 15 is 0 Å². The number of hydrogen-bond acceptors (Lipinski definition) is 12. The fourth-order valence-corrected chi connectivity index (χ4v) is 3.76. The Morgan fingerprint density at radius 2 is 1.84 bits per heavy atom. The molecule has 38 heavy (non-hydrogen) atoms. The molecule has 2 aromatic rings. The van der Waals surface area contributed by atoms with Crippen LogP contribution in [0.4, 0.5) is 20.8 Å². The maximum atomic E-state index is 14.3. The van der Waals surface area contributed by atoms with Crippen LogP contribution in [-0.2, 0) is 4.74 Å². The summed E-state index contributed by atoms with van der Waals surface area (Å²) in [4.78, 5) is 20.5. The van der Waals surface area contributed by atoms with Crippen molar-refractivity contribution < 1.29 is 29.2 Å². The van der Waals surface area contributed by atoms with Gasteiger partial charge in [0.1, 0.15) is 5.82 Å². The first kappa shape index (κ1) is 34.2. The molecule has 1 heterocycles. The number of aromatic nitrogens is 2. The van der Waals surface area contributed by atoms with Gasteiger partial charge in [-0.25, -0.2) is 19.2 Å². The van der Waals surface area contributed by atoms with Gasteiger partial charge in [-0.2, -0.15) is 29.1 Å². The van der Waals surface area contributed by atoms with Crippen LogP contribution in [-0.4, -0.2) is 68.9 Å². The van der Waals surface area contributed by atoms with Crippen molar-refractivity contribution in [3.63, 3.8) is 0 Å². The standard InChI is InChI=1S/C21H28FN5O5S.C2H6S.CH4S/c1-3-12(2)25-20(28)32-11-13-6-14(7-13)15-9-23-19(24-10-15)26-18-5-4-16(8-17(18)22)33-27-21(29,30)31;1-3-2;1-2/h4-5,8-10,12-14,27,29-31H,3,6-7,11H2,1-2H3,(H,25,28)(H,23,24,26);1-2H3;2H,1H3. The van der Waals surface area contributed by atoms with Crippen molar-refractivity contribution in [2.75, 3.05) is 30.7 Å². The number of nitrogens with zero attached hydrogens (tertiary/aromatic N) is 2. The maximum absolute atomic E-state index is 14.3. The van der Waals surface area contributed by atoms with Crippen LogP contribution < -0.4 is 15.4 Å². The van der Waals surface area contributed by atoms with E-state index in [9.17, 15) is 9.18 Å².